The highest BCUT2D eigenvalue weighted by atomic mass is 79.9. The van der Waals surface area contributed by atoms with Gasteiger partial charge in [-0.3, -0.25) is 0 Å². The molecular formula is C11H12BrFO3. The van der Waals surface area contributed by atoms with Crippen molar-refractivity contribution in [2.75, 3.05) is 7.11 Å². The predicted octanol–water partition coefficient (Wildman–Crippen LogP) is 2.69. The summed E-state index contributed by atoms with van der Waals surface area (Å²) in [6, 6.07) is 4.53. The zero-order valence-corrected chi connectivity index (χ0v) is 10.5. The number of halogens is 2. The van der Waals surface area contributed by atoms with Gasteiger partial charge in [0.25, 0.3) is 0 Å². The highest BCUT2D eigenvalue weighted by molar-refractivity contribution is 9.10. The van der Waals surface area contributed by atoms with Crippen molar-refractivity contribution in [3.05, 3.63) is 33.8 Å². The van der Waals surface area contributed by atoms with Gasteiger partial charge in [0.2, 0.25) is 0 Å². The Hall–Kier alpha value is -0.940. The molecule has 0 aliphatic carbocycles. The average molecular weight is 291 g/mol. The zero-order chi connectivity index (χ0) is 12.3. The summed E-state index contributed by atoms with van der Waals surface area (Å²) in [6.07, 6.45) is -2.45. The number of hydrogen-bond acceptors (Lipinski definition) is 3. The SMILES string of the molecule is COC(=O)C(O)c1ccc(C(C)F)c(Br)c1. The van der Waals surface area contributed by atoms with E-state index in [9.17, 15) is 14.3 Å². The monoisotopic (exact) mass is 290 g/mol. The zero-order valence-electron chi connectivity index (χ0n) is 8.91. The number of hydrogen-bond donors (Lipinski definition) is 1. The first-order chi connectivity index (χ1) is 7.47. The summed E-state index contributed by atoms with van der Waals surface area (Å²) in [5, 5.41) is 9.55. The van der Waals surface area contributed by atoms with E-state index in [4.69, 9.17) is 0 Å². The quantitative estimate of drug-likeness (QED) is 0.871. The van der Waals surface area contributed by atoms with Crippen molar-refractivity contribution in [1.29, 1.82) is 0 Å². The molecule has 0 heterocycles. The Kier molecular flexibility index (Phi) is 4.44. The Bertz CT molecular complexity index is 393. The Morgan fingerprint density at radius 1 is 1.56 bits per heavy atom. The van der Waals surface area contributed by atoms with Gasteiger partial charge < -0.3 is 9.84 Å². The molecule has 3 nitrogen and oxygen atoms in total. The number of aliphatic hydroxyl groups excluding tert-OH is 1. The first-order valence-electron chi connectivity index (χ1n) is 4.66. The summed E-state index contributed by atoms with van der Waals surface area (Å²) in [6.45, 7) is 1.41. The number of aliphatic hydroxyl groups is 1. The highest BCUT2D eigenvalue weighted by Crippen LogP contribution is 2.28. The molecular weight excluding hydrogens is 279 g/mol. The van der Waals surface area contributed by atoms with E-state index in [2.05, 4.69) is 20.7 Å². The normalized spacial score (nSPS) is 14.3. The third-order valence-corrected chi connectivity index (χ3v) is 2.88. The van der Waals surface area contributed by atoms with Gasteiger partial charge in [0.1, 0.15) is 6.17 Å². The molecule has 5 heteroatoms. The van der Waals surface area contributed by atoms with Crippen LogP contribution >= 0.6 is 15.9 Å². The van der Waals surface area contributed by atoms with E-state index >= 15 is 0 Å². The van der Waals surface area contributed by atoms with Gasteiger partial charge in [-0.2, -0.15) is 0 Å². The van der Waals surface area contributed by atoms with Crippen LogP contribution < -0.4 is 0 Å². The second kappa shape index (κ2) is 5.41. The van der Waals surface area contributed by atoms with Crippen LogP contribution in [0.15, 0.2) is 22.7 Å². The van der Waals surface area contributed by atoms with Crippen molar-refractivity contribution in [3.63, 3.8) is 0 Å². The molecule has 2 unspecified atom stereocenters. The van der Waals surface area contributed by atoms with Crippen molar-refractivity contribution in [1.82, 2.24) is 0 Å². The van der Waals surface area contributed by atoms with Gasteiger partial charge in [-0.1, -0.05) is 28.1 Å². The van der Waals surface area contributed by atoms with Gasteiger partial charge in [0.05, 0.1) is 7.11 Å². The third-order valence-electron chi connectivity index (χ3n) is 2.19. The molecule has 2 atom stereocenters. The molecule has 1 rings (SSSR count). The molecule has 0 amide bonds. The molecule has 0 saturated heterocycles. The van der Waals surface area contributed by atoms with Gasteiger partial charge in [-0.15, -0.1) is 0 Å². The lowest BCUT2D eigenvalue weighted by Gasteiger charge is -2.11. The number of carbonyl (C=O) groups excluding carboxylic acids is 1. The van der Waals surface area contributed by atoms with Crippen LogP contribution in [0.25, 0.3) is 0 Å². The molecule has 1 aromatic rings. The number of ether oxygens (including phenoxy) is 1. The molecule has 0 radical (unpaired) electrons. The minimum Gasteiger partial charge on any atom is -0.467 e. The van der Waals surface area contributed by atoms with E-state index in [0.29, 0.717) is 15.6 Å². The largest absolute Gasteiger partial charge is 0.467 e. The van der Waals surface area contributed by atoms with E-state index in [1.54, 1.807) is 0 Å². The third kappa shape index (κ3) is 2.80. The van der Waals surface area contributed by atoms with Crippen molar-refractivity contribution < 1.29 is 19.0 Å². The minimum absolute atomic E-state index is 0.364. The number of methoxy groups -OCH3 is 1. The Balaban J connectivity index is 3.01. The standard InChI is InChI=1S/C11H12BrFO3/c1-6(13)8-4-3-7(5-9(8)12)10(14)11(15)16-2/h3-6,10,14H,1-2H3. The summed E-state index contributed by atoms with van der Waals surface area (Å²) in [7, 11) is 1.19. The number of carbonyl (C=O) groups is 1. The molecule has 0 bridgehead atoms. The van der Waals surface area contributed by atoms with Crippen molar-refractivity contribution in [2.45, 2.75) is 19.2 Å². The molecule has 0 spiro atoms. The van der Waals surface area contributed by atoms with Crippen LogP contribution in [0.1, 0.15) is 30.3 Å². The fraction of sp³-hybridized carbons (Fsp3) is 0.364. The number of alkyl halides is 1. The fourth-order valence-electron chi connectivity index (χ4n) is 1.28. The maximum atomic E-state index is 13.1. The molecule has 1 aromatic carbocycles. The van der Waals surface area contributed by atoms with Crippen LogP contribution in [-0.4, -0.2) is 18.2 Å². The maximum Gasteiger partial charge on any atom is 0.339 e. The summed E-state index contributed by atoms with van der Waals surface area (Å²) in [5.41, 5.74) is 0.837. The van der Waals surface area contributed by atoms with Crippen molar-refractivity contribution in [3.8, 4) is 0 Å². The minimum atomic E-state index is -1.34. The molecule has 0 aromatic heterocycles. The summed E-state index contributed by atoms with van der Waals surface area (Å²) in [4.78, 5) is 11.1. The van der Waals surface area contributed by atoms with E-state index in [1.807, 2.05) is 0 Å². The number of esters is 1. The van der Waals surface area contributed by atoms with Gasteiger partial charge in [-0.05, 0) is 24.1 Å². The molecule has 1 N–H and O–H groups in total. The van der Waals surface area contributed by atoms with Crippen LogP contribution in [-0.2, 0) is 9.53 Å². The first kappa shape index (κ1) is 13.1. The maximum absolute atomic E-state index is 13.1. The second-order valence-electron chi connectivity index (χ2n) is 3.32. The highest BCUT2D eigenvalue weighted by Gasteiger charge is 2.19. The molecule has 0 aliphatic rings. The van der Waals surface area contributed by atoms with Crippen LogP contribution in [0.5, 0.6) is 0 Å². The van der Waals surface area contributed by atoms with E-state index in [1.165, 1.54) is 32.2 Å². The Morgan fingerprint density at radius 3 is 2.62 bits per heavy atom. The molecule has 16 heavy (non-hydrogen) atoms. The van der Waals surface area contributed by atoms with E-state index in [0.717, 1.165) is 0 Å². The summed E-state index contributed by atoms with van der Waals surface area (Å²) < 4.78 is 18.0. The predicted molar refractivity (Wildman–Crippen MR) is 60.6 cm³/mol. The van der Waals surface area contributed by atoms with Gasteiger partial charge in [-0.25, -0.2) is 9.18 Å². The second-order valence-corrected chi connectivity index (χ2v) is 4.18. The molecule has 88 valence electrons. The van der Waals surface area contributed by atoms with Crippen molar-refractivity contribution in [2.24, 2.45) is 0 Å². The molecule has 0 saturated carbocycles. The van der Waals surface area contributed by atoms with Crippen LogP contribution in [0.2, 0.25) is 0 Å². The smallest absolute Gasteiger partial charge is 0.339 e. The average Bonchev–Trinajstić information content (AvgIpc) is 2.26. The number of rotatable bonds is 3. The van der Waals surface area contributed by atoms with Gasteiger partial charge in [0, 0.05) is 4.47 Å². The lowest BCUT2D eigenvalue weighted by molar-refractivity contribution is -0.150. The van der Waals surface area contributed by atoms with E-state index < -0.39 is 18.2 Å². The van der Waals surface area contributed by atoms with Crippen LogP contribution in [0, 0.1) is 0 Å². The van der Waals surface area contributed by atoms with Crippen LogP contribution in [0.3, 0.4) is 0 Å². The fourth-order valence-corrected chi connectivity index (χ4v) is 2.00. The Labute approximate surface area is 101 Å². The van der Waals surface area contributed by atoms with Gasteiger partial charge in [0.15, 0.2) is 6.10 Å². The number of benzene rings is 1. The summed E-state index contributed by atoms with van der Waals surface area (Å²) >= 11 is 3.18. The molecule has 0 fully saturated rings. The van der Waals surface area contributed by atoms with Crippen LogP contribution in [0.4, 0.5) is 4.39 Å². The lowest BCUT2D eigenvalue weighted by Crippen LogP contribution is -2.13. The molecule has 0 aliphatic heterocycles. The summed E-state index contributed by atoms with van der Waals surface area (Å²) in [5.74, 6) is -0.743. The first-order valence-corrected chi connectivity index (χ1v) is 5.46. The van der Waals surface area contributed by atoms with Gasteiger partial charge >= 0.3 is 5.97 Å². The van der Waals surface area contributed by atoms with Crippen molar-refractivity contribution >= 4 is 21.9 Å². The Morgan fingerprint density at radius 2 is 2.19 bits per heavy atom. The topological polar surface area (TPSA) is 46.5 Å². The van der Waals surface area contributed by atoms with E-state index in [-0.39, 0.29) is 0 Å². The lowest BCUT2D eigenvalue weighted by atomic mass is 10.1.